The summed E-state index contributed by atoms with van der Waals surface area (Å²) in [6.45, 7) is 3.12. The predicted molar refractivity (Wildman–Crippen MR) is 107 cm³/mol. The Morgan fingerprint density at radius 3 is 2.45 bits per heavy atom. The molecule has 1 heterocycles. The highest BCUT2D eigenvalue weighted by Gasteiger charge is 2.60. The van der Waals surface area contributed by atoms with Crippen molar-refractivity contribution in [2.75, 3.05) is 20.8 Å². The fraction of sp³-hybridized carbons (Fsp3) is 0.545. The average Bonchev–Trinajstić information content (AvgIpc) is 2.71. The van der Waals surface area contributed by atoms with Crippen molar-refractivity contribution < 1.29 is 38.7 Å². The first-order valence-electron chi connectivity index (χ1n) is 10.2. The lowest BCUT2D eigenvalue weighted by Crippen LogP contribution is -2.61. The summed E-state index contributed by atoms with van der Waals surface area (Å²) in [5, 5.41) is 25.6. The van der Waals surface area contributed by atoms with E-state index in [-0.39, 0.29) is 17.9 Å². The molecule has 168 valence electrons. The number of hydrogen-bond acceptors (Lipinski definition) is 9. The molecular formula is C22H27NO8. The summed E-state index contributed by atoms with van der Waals surface area (Å²) in [5.74, 6) is -0.542. The Kier molecular flexibility index (Phi) is 5.35. The lowest BCUT2D eigenvalue weighted by Gasteiger charge is -2.55. The Labute approximate surface area is 179 Å². The molecule has 3 N–H and O–H groups in total. The molecule has 0 saturated carbocycles. The number of fused-ring (bicyclic) bond motifs is 1. The second-order valence-corrected chi connectivity index (χ2v) is 8.15. The van der Waals surface area contributed by atoms with Gasteiger partial charge in [0.1, 0.15) is 11.9 Å². The van der Waals surface area contributed by atoms with Crippen LogP contribution in [0.4, 0.5) is 0 Å². The van der Waals surface area contributed by atoms with Gasteiger partial charge in [-0.3, -0.25) is 9.59 Å². The highest BCUT2D eigenvalue weighted by Crippen LogP contribution is 2.60. The van der Waals surface area contributed by atoms with E-state index >= 15 is 0 Å². The van der Waals surface area contributed by atoms with Gasteiger partial charge in [-0.25, -0.2) is 0 Å². The minimum Gasteiger partial charge on any atom is -0.504 e. The predicted octanol–water partition coefficient (Wildman–Crippen LogP) is 1.22. The zero-order valence-electron chi connectivity index (χ0n) is 17.9. The van der Waals surface area contributed by atoms with Crippen LogP contribution in [0.25, 0.3) is 0 Å². The molecule has 0 amide bonds. The number of piperidine rings is 1. The lowest BCUT2D eigenvalue weighted by molar-refractivity contribution is -0.169. The number of benzene rings is 1. The largest absolute Gasteiger partial charge is 0.504 e. The quantitative estimate of drug-likeness (QED) is 0.601. The van der Waals surface area contributed by atoms with Crippen LogP contribution in [-0.4, -0.2) is 61.2 Å². The maximum Gasteiger partial charge on any atom is 0.303 e. The molecule has 4 rings (SSSR count). The molecule has 1 aromatic rings. The molecule has 9 nitrogen and oxygen atoms in total. The number of esters is 2. The maximum absolute atomic E-state index is 11.9. The molecular weight excluding hydrogens is 406 g/mol. The van der Waals surface area contributed by atoms with Gasteiger partial charge in [0.25, 0.3) is 0 Å². The topological polar surface area (TPSA) is 124 Å². The van der Waals surface area contributed by atoms with Crippen molar-refractivity contribution in [2.45, 2.75) is 56.5 Å². The van der Waals surface area contributed by atoms with Crippen LogP contribution in [-0.2, 0) is 29.2 Å². The van der Waals surface area contributed by atoms with Crippen LogP contribution in [0.2, 0.25) is 0 Å². The van der Waals surface area contributed by atoms with Gasteiger partial charge in [0, 0.05) is 36.8 Å². The SMILES string of the molecule is COC1=C2[C@@H]3NCC[C@@]2(C[C@@H](OC(C)=O)[C@@H]1OC(C)=O)c1c(ccc(OC)c1O)[C@H]3O. The molecule has 0 aromatic heterocycles. The molecule has 31 heavy (non-hydrogen) atoms. The number of ether oxygens (including phenoxy) is 4. The van der Waals surface area contributed by atoms with Crippen molar-refractivity contribution >= 4 is 11.9 Å². The summed E-state index contributed by atoms with van der Waals surface area (Å²) in [7, 11) is 2.91. The number of carbonyl (C=O) groups is 2. The Morgan fingerprint density at radius 1 is 1.13 bits per heavy atom. The van der Waals surface area contributed by atoms with E-state index < -0.39 is 41.7 Å². The van der Waals surface area contributed by atoms with Crippen molar-refractivity contribution in [3.8, 4) is 11.5 Å². The number of methoxy groups -OCH3 is 2. The molecule has 5 atom stereocenters. The first kappa shape index (κ1) is 21.5. The van der Waals surface area contributed by atoms with Crippen LogP contribution in [0.1, 0.15) is 43.9 Å². The van der Waals surface area contributed by atoms with Crippen LogP contribution in [0.5, 0.6) is 11.5 Å². The van der Waals surface area contributed by atoms with Gasteiger partial charge in [-0.2, -0.15) is 0 Å². The Hall–Kier alpha value is -2.78. The van der Waals surface area contributed by atoms with E-state index in [0.29, 0.717) is 35.4 Å². The van der Waals surface area contributed by atoms with Crippen molar-refractivity contribution in [3.05, 3.63) is 34.6 Å². The van der Waals surface area contributed by atoms with Gasteiger partial charge in [0.2, 0.25) is 0 Å². The van der Waals surface area contributed by atoms with E-state index in [1.54, 1.807) is 12.1 Å². The van der Waals surface area contributed by atoms with Crippen molar-refractivity contribution in [1.82, 2.24) is 5.32 Å². The minimum absolute atomic E-state index is 0.0696. The minimum atomic E-state index is -0.969. The van der Waals surface area contributed by atoms with Gasteiger partial charge in [-0.15, -0.1) is 0 Å². The highest BCUT2D eigenvalue weighted by molar-refractivity contribution is 5.69. The third-order valence-electron chi connectivity index (χ3n) is 6.49. The van der Waals surface area contributed by atoms with E-state index in [1.165, 1.54) is 28.1 Å². The lowest BCUT2D eigenvalue weighted by atomic mass is 9.55. The molecule has 3 aliphatic rings. The maximum atomic E-state index is 11.9. The van der Waals surface area contributed by atoms with Crippen LogP contribution < -0.4 is 10.1 Å². The number of hydrogen-bond donors (Lipinski definition) is 3. The Balaban J connectivity index is 2.02. The molecule has 1 aromatic carbocycles. The van der Waals surface area contributed by atoms with Crippen LogP contribution in [0, 0.1) is 0 Å². The van der Waals surface area contributed by atoms with Gasteiger partial charge in [0.15, 0.2) is 17.6 Å². The molecule has 1 aliphatic heterocycles. The van der Waals surface area contributed by atoms with Crippen LogP contribution in [0.3, 0.4) is 0 Å². The summed E-state index contributed by atoms with van der Waals surface area (Å²) >= 11 is 0. The van der Waals surface area contributed by atoms with Gasteiger partial charge < -0.3 is 34.5 Å². The molecule has 0 unspecified atom stereocenters. The number of phenolic OH excluding ortho intramolecular Hbond substituents is 1. The second-order valence-electron chi connectivity index (χ2n) is 8.15. The van der Waals surface area contributed by atoms with E-state index in [0.717, 1.165) is 0 Å². The number of carbonyl (C=O) groups excluding carboxylic acids is 2. The summed E-state index contributed by atoms with van der Waals surface area (Å²) in [6, 6.07) is 2.84. The third kappa shape index (κ3) is 3.14. The number of aromatic hydroxyl groups is 1. The zero-order valence-corrected chi connectivity index (χ0v) is 17.9. The number of phenols is 1. The zero-order chi connectivity index (χ0) is 22.5. The average molecular weight is 433 g/mol. The van der Waals surface area contributed by atoms with Crippen molar-refractivity contribution in [2.24, 2.45) is 0 Å². The number of nitrogens with one attached hydrogen (secondary N) is 1. The number of aliphatic hydroxyl groups excluding tert-OH is 1. The fourth-order valence-electron chi connectivity index (χ4n) is 5.51. The van der Waals surface area contributed by atoms with Crippen LogP contribution in [0.15, 0.2) is 23.5 Å². The summed E-state index contributed by atoms with van der Waals surface area (Å²) in [5.41, 5.74) is 0.993. The normalized spacial score (nSPS) is 31.3. The Bertz CT molecular complexity index is 957. The summed E-state index contributed by atoms with van der Waals surface area (Å²) in [6.07, 6.45) is -1.95. The third-order valence-corrected chi connectivity index (χ3v) is 6.49. The molecule has 9 heteroatoms. The van der Waals surface area contributed by atoms with Gasteiger partial charge in [0.05, 0.1) is 26.4 Å². The standard InChI is InChI=1S/C22H27NO8/c1-10(24)30-14-9-22-7-8-23-17(16(22)21(29-4)20(14)31-11(2)25)18(26)12-5-6-13(28-3)19(27)15(12)22/h5-6,14,17-18,20,23,26-27H,7-9H2,1-4H3/t14-,17+,18-,20+,22-/m1/s1. The smallest absolute Gasteiger partial charge is 0.303 e. The first-order chi connectivity index (χ1) is 14.7. The van der Waals surface area contributed by atoms with Gasteiger partial charge in [-0.05, 0) is 24.6 Å². The molecule has 2 bridgehead atoms. The molecule has 1 fully saturated rings. The highest BCUT2D eigenvalue weighted by atomic mass is 16.6. The molecule has 2 aliphatic carbocycles. The number of aliphatic hydroxyl groups is 1. The molecule has 0 spiro atoms. The van der Waals surface area contributed by atoms with E-state index in [9.17, 15) is 19.8 Å². The van der Waals surface area contributed by atoms with Gasteiger partial charge in [-0.1, -0.05) is 6.07 Å². The fourth-order valence-corrected chi connectivity index (χ4v) is 5.51. The van der Waals surface area contributed by atoms with Gasteiger partial charge >= 0.3 is 11.9 Å². The molecule has 1 saturated heterocycles. The summed E-state index contributed by atoms with van der Waals surface area (Å²) in [4.78, 5) is 23.7. The first-order valence-corrected chi connectivity index (χ1v) is 10.2. The monoisotopic (exact) mass is 433 g/mol. The Morgan fingerprint density at radius 2 is 1.84 bits per heavy atom. The van der Waals surface area contributed by atoms with Crippen molar-refractivity contribution in [3.63, 3.8) is 0 Å². The van der Waals surface area contributed by atoms with E-state index in [4.69, 9.17) is 18.9 Å². The van der Waals surface area contributed by atoms with Crippen LogP contribution >= 0.6 is 0 Å². The summed E-state index contributed by atoms with van der Waals surface area (Å²) < 4.78 is 22.2. The molecule has 0 radical (unpaired) electrons. The number of rotatable bonds is 4. The van der Waals surface area contributed by atoms with E-state index in [2.05, 4.69) is 5.32 Å². The second kappa shape index (κ2) is 7.72. The van der Waals surface area contributed by atoms with Crippen molar-refractivity contribution in [1.29, 1.82) is 0 Å². The van der Waals surface area contributed by atoms with E-state index in [1.807, 2.05) is 0 Å².